The van der Waals surface area contributed by atoms with Crippen molar-refractivity contribution in [2.45, 2.75) is 6.92 Å². The van der Waals surface area contributed by atoms with E-state index in [2.05, 4.69) is 4.74 Å². The quantitative estimate of drug-likeness (QED) is 0.0443. The molecule has 0 fully saturated rings. The van der Waals surface area contributed by atoms with Crippen LogP contribution in [0, 0.1) is 0 Å². The lowest BCUT2D eigenvalue weighted by Gasteiger charge is -2.23. The van der Waals surface area contributed by atoms with Crippen LogP contribution in [0.2, 0.25) is 0 Å². The number of hydrogen-bond acceptors (Lipinski definition) is 14. The molecule has 0 radical (unpaired) electrons. The molecule has 0 aliphatic heterocycles. The number of rotatable bonds is 22. The van der Waals surface area contributed by atoms with Gasteiger partial charge in [-0.05, 0) is 0 Å². The van der Waals surface area contributed by atoms with Crippen LogP contribution in [0.3, 0.4) is 0 Å². The SMILES string of the molecule is CC(=O)OC(=O)CN(CCN(CC(=O)O)CC(=O)O)CC(=O)O.O=C(O)CN(CCN(CC(=O)O)CC(=O)O)CC(=O)O. The Morgan fingerprint density at radius 2 is 0.581 bits per heavy atom. The zero-order chi connectivity index (χ0) is 33.7. The minimum Gasteiger partial charge on any atom is -0.480 e. The van der Waals surface area contributed by atoms with Gasteiger partial charge in [0.2, 0.25) is 0 Å². The third-order valence-corrected chi connectivity index (χ3v) is 4.59. The fourth-order valence-corrected chi connectivity index (χ4v) is 3.14. The third kappa shape index (κ3) is 27.2. The Morgan fingerprint density at radius 1 is 0.395 bits per heavy atom. The molecule has 21 heteroatoms. The maximum atomic E-state index is 11.4. The van der Waals surface area contributed by atoms with Crippen LogP contribution in [0.4, 0.5) is 0 Å². The van der Waals surface area contributed by atoms with Crippen molar-refractivity contribution in [3.05, 3.63) is 0 Å². The molecule has 0 aliphatic rings. The number of nitrogens with zero attached hydrogens (tertiary/aromatic N) is 4. The highest BCUT2D eigenvalue weighted by Gasteiger charge is 2.20. The standard InChI is InChI=1S/C12H18N2O9.C10H16N2O8/c1-8(15)23-12(22)7-14(6-11(20)21)3-2-13(4-9(16)17)5-10(18)19;13-7(14)3-11(4-8(15)16)1-2-12(5-9(17)18)6-10(19)20/h2-7H2,1H3,(H,16,17)(H,18,19)(H,20,21);1-6H2,(H,13,14)(H,15,16)(H,17,18)(H,19,20). The molecule has 0 amide bonds. The van der Waals surface area contributed by atoms with Gasteiger partial charge in [-0.1, -0.05) is 0 Å². The van der Waals surface area contributed by atoms with Crippen LogP contribution in [0.25, 0.3) is 0 Å². The van der Waals surface area contributed by atoms with Gasteiger partial charge in [-0.15, -0.1) is 0 Å². The van der Waals surface area contributed by atoms with Crippen LogP contribution < -0.4 is 0 Å². The Bertz CT molecular complexity index is 934. The zero-order valence-corrected chi connectivity index (χ0v) is 23.0. The minimum absolute atomic E-state index is 0.0703. The summed E-state index contributed by atoms with van der Waals surface area (Å²) < 4.78 is 4.28. The second kappa shape index (κ2) is 21.9. The molecule has 0 spiro atoms. The minimum atomic E-state index is -1.25. The van der Waals surface area contributed by atoms with Crippen LogP contribution in [0.15, 0.2) is 0 Å². The van der Waals surface area contributed by atoms with E-state index in [1.165, 1.54) is 0 Å². The van der Waals surface area contributed by atoms with Crippen molar-refractivity contribution in [1.29, 1.82) is 0 Å². The summed E-state index contributed by atoms with van der Waals surface area (Å²) in [5.41, 5.74) is 0. The van der Waals surface area contributed by atoms with Crippen molar-refractivity contribution in [2.24, 2.45) is 0 Å². The van der Waals surface area contributed by atoms with Gasteiger partial charge < -0.3 is 40.5 Å². The van der Waals surface area contributed by atoms with E-state index in [0.29, 0.717) is 0 Å². The third-order valence-electron chi connectivity index (χ3n) is 4.59. The number of carbonyl (C=O) groups excluding carboxylic acids is 2. The number of aliphatic carboxylic acids is 7. The lowest BCUT2D eigenvalue weighted by atomic mass is 10.4. The average Bonchev–Trinajstić information content (AvgIpc) is 2.78. The van der Waals surface area contributed by atoms with Crippen LogP contribution in [0.1, 0.15) is 6.92 Å². The molecule has 21 nitrogen and oxygen atoms in total. The zero-order valence-electron chi connectivity index (χ0n) is 23.0. The van der Waals surface area contributed by atoms with E-state index in [4.69, 9.17) is 35.7 Å². The van der Waals surface area contributed by atoms with Crippen molar-refractivity contribution >= 4 is 53.7 Å². The summed E-state index contributed by atoms with van der Waals surface area (Å²) in [5, 5.41) is 60.6. The predicted octanol–water partition coefficient (Wildman–Crippen LogP) is -4.14. The normalized spacial score (nSPS) is 10.6. The molecule has 43 heavy (non-hydrogen) atoms. The molecule has 7 N–H and O–H groups in total. The molecule has 0 aromatic rings. The van der Waals surface area contributed by atoms with Gasteiger partial charge in [-0.3, -0.25) is 62.8 Å². The van der Waals surface area contributed by atoms with Gasteiger partial charge in [0.15, 0.2) is 0 Å². The maximum Gasteiger partial charge on any atom is 0.327 e. The van der Waals surface area contributed by atoms with Gasteiger partial charge in [0.25, 0.3) is 0 Å². The molecule has 244 valence electrons. The Labute approximate surface area is 243 Å². The lowest BCUT2D eigenvalue weighted by Crippen LogP contribution is -2.43. The van der Waals surface area contributed by atoms with Crippen LogP contribution in [0.5, 0.6) is 0 Å². The fourth-order valence-electron chi connectivity index (χ4n) is 3.14. The summed E-state index contributed by atoms with van der Waals surface area (Å²) in [6.07, 6.45) is 0. The van der Waals surface area contributed by atoms with E-state index in [0.717, 1.165) is 26.5 Å². The van der Waals surface area contributed by atoms with Gasteiger partial charge >= 0.3 is 53.7 Å². The molecule has 0 saturated carbocycles. The second-order valence-corrected chi connectivity index (χ2v) is 8.56. The number of carboxylic acid groups (broad SMARTS) is 7. The first kappa shape index (κ1) is 40.4. The summed E-state index contributed by atoms with van der Waals surface area (Å²) in [6, 6.07) is 0. The van der Waals surface area contributed by atoms with E-state index in [1.807, 2.05) is 0 Å². The number of carboxylic acids is 7. The number of carbonyl (C=O) groups is 9. The first-order valence-corrected chi connectivity index (χ1v) is 11.9. The highest BCUT2D eigenvalue weighted by Crippen LogP contribution is 1.96. The monoisotopic (exact) mass is 626 g/mol. The number of ether oxygens (including phenoxy) is 1. The van der Waals surface area contributed by atoms with Crippen molar-refractivity contribution < 1.29 is 83.6 Å². The highest BCUT2D eigenvalue weighted by molar-refractivity contribution is 5.85. The summed E-state index contributed by atoms with van der Waals surface area (Å²) in [7, 11) is 0. The lowest BCUT2D eigenvalue weighted by molar-refractivity contribution is -0.159. The van der Waals surface area contributed by atoms with Crippen molar-refractivity contribution in [3.63, 3.8) is 0 Å². The van der Waals surface area contributed by atoms with E-state index in [1.54, 1.807) is 0 Å². The molecule has 0 aromatic heterocycles. The molecular formula is C22H34N4O17. The van der Waals surface area contributed by atoms with Crippen molar-refractivity contribution in [2.75, 3.05) is 78.5 Å². The Kier molecular flexibility index (Phi) is 20.6. The molecular weight excluding hydrogens is 592 g/mol. The van der Waals surface area contributed by atoms with Gasteiger partial charge in [0, 0.05) is 33.1 Å². The summed E-state index contributed by atoms with van der Waals surface area (Å²) in [4.78, 5) is 101. The van der Waals surface area contributed by atoms with E-state index >= 15 is 0 Å². The smallest absolute Gasteiger partial charge is 0.327 e. The molecule has 0 unspecified atom stereocenters. The second-order valence-electron chi connectivity index (χ2n) is 8.56. The fraction of sp³-hybridized carbons (Fsp3) is 0.591. The predicted molar refractivity (Wildman–Crippen MR) is 136 cm³/mol. The van der Waals surface area contributed by atoms with Gasteiger partial charge in [0.05, 0.1) is 52.4 Å². The average molecular weight is 627 g/mol. The summed E-state index contributed by atoms with van der Waals surface area (Å²) >= 11 is 0. The van der Waals surface area contributed by atoms with Crippen molar-refractivity contribution in [3.8, 4) is 0 Å². The molecule has 0 aromatic carbocycles. The molecule has 0 aliphatic carbocycles. The Balaban J connectivity index is 0. The summed E-state index contributed by atoms with van der Waals surface area (Å²) in [5.74, 6) is -10.4. The van der Waals surface area contributed by atoms with Crippen molar-refractivity contribution in [1.82, 2.24) is 19.6 Å². The van der Waals surface area contributed by atoms with Crippen LogP contribution in [-0.2, 0) is 47.9 Å². The molecule has 0 heterocycles. The molecule has 0 saturated heterocycles. The van der Waals surface area contributed by atoms with Gasteiger partial charge in [-0.2, -0.15) is 0 Å². The molecule has 0 rings (SSSR count). The number of hydrogen-bond donors (Lipinski definition) is 7. The topological polar surface area (TPSA) is 317 Å². The van der Waals surface area contributed by atoms with E-state index in [9.17, 15) is 43.2 Å². The first-order chi connectivity index (χ1) is 19.8. The van der Waals surface area contributed by atoms with Gasteiger partial charge in [0.1, 0.15) is 0 Å². The molecule has 0 bridgehead atoms. The van der Waals surface area contributed by atoms with E-state index in [-0.39, 0.29) is 26.2 Å². The largest absolute Gasteiger partial charge is 0.480 e. The highest BCUT2D eigenvalue weighted by atomic mass is 16.6. The Morgan fingerprint density at radius 3 is 0.744 bits per heavy atom. The Hall–Kier alpha value is -4.73. The van der Waals surface area contributed by atoms with Crippen LogP contribution >= 0.6 is 0 Å². The van der Waals surface area contributed by atoms with Crippen LogP contribution in [-0.4, -0.2) is 188 Å². The number of esters is 2. The maximum absolute atomic E-state index is 11.4. The summed E-state index contributed by atoms with van der Waals surface area (Å²) in [6.45, 7) is -3.59. The van der Waals surface area contributed by atoms with E-state index < -0.39 is 106 Å². The first-order valence-electron chi connectivity index (χ1n) is 11.9. The van der Waals surface area contributed by atoms with Gasteiger partial charge in [-0.25, -0.2) is 0 Å². The molecule has 0 atom stereocenters.